The molecular formula is C12H15NO3. The van der Waals surface area contributed by atoms with Gasteiger partial charge in [-0.05, 0) is 17.7 Å². The van der Waals surface area contributed by atoms with Crippen molar-refractivity contribution in [1.82, 2.24) is 4.90 Å². The number of nitrogens with zero attached hydrogens (tertiary/aromatic N) is 1. The van der Waals surface area contributed by atoms with Gasteiger partial charge in [0.25, 0.3) is 0 Å². The second kappa shape index (κ2) is 5.80. The Kier molecular flexibility index (Phi) is 4.39. The van der Waals surface area contributed by atoms with Crippen molar-refractivity contribution in [3.63, 3.8) is 0 Å². The third-order valence-electron chi connectivity index (χ3n) is 2.04. The van der Waals surface area contributed by atoms with Gasteiger partial charge in [-0.15, -0.1) is 0 Å². The van der Waals surface area contributed by atoms with Gasteiger partial charge in [-0.2, -0.15) is 0 Å². The van der Waals surface area contributed by atoms with Gasteiger partial charge < -0.3 is 14.7 Å². The van der Waals surface area contributed by atoms with Crippen molar-refractivity contribution in [2.45, 2.75) is 6.54 Å². The highest BCUT2D eigenvalue weighted by molar-refractivity contribution is 5.79. The molecule has 0 fully saturated rings. The summed E-state index contributed by atoms with van der Waals surface area (Å²) in [6.45, 7) is 0.640. The summed E-state index contributed by atoms with van der Waals surface area (Å²) in [6, 6.07) is 7.66. The molecule has 0 radical (unpaired) electrons. The predicted molar refractivity (Wildman–Crippen MR) is 61.2 cm³/mol. The van der Waals surface area contributed by atoms with E-state index in [9.17, 15) is 4.79 Å². The van der Waals surface area contributed by atoms with Crippen LogP contribution < -0.4 is 4.74 Å². The van der Waals surface area contributed by atoms with Gasteiger partial charge in [0, 0.05) is 25.9 Å². The van der Waals surface area contributed by atoms with E-state index in [4.69, 9.17) is 9.84 Å². The second-order valence-electron chi connectivity index (χ2n) is 3.42. The molecule has 0 saturated heterocycles. The second-order valence-corrected chi connectivity index (χ2v) is 3.42. The van der Waals surface area contributed by atoms with E-state index >= 15 is 0 Å². The lowest BCUT2D eigenvalue weighted by molar-refractivity contribution is -0.131. The molecule has 0 aliphatic rings. The highest BCUT2D eigenvalue weighted by Gasteiger charge is 1.98. The molecule has 86 valence electrons. The molecule has 4 nitrogen and oxygen atoms in total. The van der Waals surface area contributed by atoms with Crippen molar-refractivity contribution in [2.75, 3.05) is 14.2 Å². The Balaban J connectivity index is 2.61. The van der Waals surface area contributed by atoms with Gasteiger partial charge in [0.05, 0.1) is 7.11 Å². The molecule has 0 aliphatic heterocycles. The van der Waals surface area contributed by atoms with E-state index in [0.717, 1.165) is 17.4 Å². The SMILES string of the molecule is COc1cccc(CN(C)C=CC(=O)O)c1. The summed E-state index contributed by atoms with van der Waals surface area (Å²) >= 11 is 0. The fourth-order valence-corrected chi connectivity index (χ4v) is 1.30. The molecule has 16 heavy (non-hydrogen) atoms. The monoisotopic (exact) mass is 221 g/mol. The van der Waals surface area contributed by atoms with E-state index in [0.29, 0.717) is 6.54 Å². The van der Waals surface area contributed by atoms with Crippen molar-refractivity contribution in [3.8, 4) is 5.75 Å². The molecular weight excluding hydrogens is 206 g/mol. The molecule has 0 saturated carbocycles. The maximum Gasteiger partial charge on any atom is 0.329 e. The van der Waals surface area contributed by atoms with Crippen molar-refractivity contribution in [2.24, 2.45) is 0 Å². The Labute approximate surface area is 94.8 Å². The smallest absolute Gasteiger partial charge is 0.329 e. The van der Waals surface area contributed by atoms with E-state index in [1.165, 1.54) is 6.20 Å². The summed E-state index contributed by atoms with van der Waals surface area (Å²) in [6.07, 6.45) is 2.64. The number of methoxy groups -OCH3 is 1. The van der Waals surface area contributed by atoms with E-state index in [1.807, 2.05) is 31.3 Å². The first-order chi connectivity index (χ1) is 7.61. The van der Waals surface area contributed by atoms with Gasteiger partial charge in [0.1, 0.15) is 5.75 Å². The molecule has 0 bridgehead atoms. The predicted octanol–water partition coefficient (Wildman–Crippen LogP) is 1.73. The van der Waals surface area contributed by atoms with Crippen LogP contribution in [0.25, 0.3) is 0 Å². The van der Waals surface area contributed by atoms with E-state index in [1.54, 1.807) is 12.0 Å². The van der Waals surface area contributed by atoms with Crippen LogP contribution in [0, 0.1) is 0 Å². The molecule has 0 atom stereocenters. The lowest BCUT2D eigenvalue weighted by Gasteiger charge is -2.14. The number of benzene rings is 1. The molecule has 1 aromatic rings. The highest BCUT2D eigenvalue weighted by atomic mass is 16.5. The first-order valence-electron chi connectivity index (χ1n) is 4.86. The molecule has 0 heterocycles. The van der Waals surface area contributed by atoms with E-state index in [-0.39, 0.29) is 0 Å². The molecule has 1 rings (SSSR count). The highest BCUT2D eigenvalue weighted by Crippen LogP contribution is 2.13. The summed E-state index contributed by atoms with van der Waals surface area (Å²) in [5.74, 6) is -0.148. The van der Waals surface area contributed by atoms with Gasteiger partial charge in [0.2, 0.25) is 0 Å². The van der Waals surface area contributed by atoms with Crippen LogP contribution in [-0.2, 0) is 11.3 Å². The topological polar surface area (TPSA) is 49.8 Å². The van der Waals surface area contributed by atoms with Gasteiger partial charge in [0.15, 0.2) is 0 Å². The van der Waals surface area contributed by atoms with Crippen LogP contribution in [0.4, 0.5) is 0 Å². The minimum atomic E-state index is -0.947. The molecule has 0 aromatic heterocycles. The standard InChI is InChI=1S/C12H15NO3/c1-13(7-6-12(14)15)9-10-4-3-5-11(8-10)16-2/h3-8H,9H2,1-2H3,(H,14,15). The molecule has 1 N–H and O–H groups in total. The number of aliphatic carboxylic acids is 1. The summed E-state index contributed by atoms with van der Waals surface area (Å²) in [4.78, 5) is 12.1. The third kappa shape index (κ3) is 4.04. The first-order valence-corrected chi connectivity index (χ1v) is 4.86. The molecule has 4 heteroatoms. The Morgan fingerprint density at radius 3 is 2.94 bits per heavy atom. The molecule has 0 spiro atoms. The number of carbonyl (C=O) groups is 1. The number of carboxylic acids is 1. The van der Waals surface area contributed by atoms with E-state index in [2.05, 4.69) is 0 Å². The molecule has 0 unspecified atom stereocenters. The van der Waals surface area contributed by atoms with Crippen LogP contribution in [-0.4, -0.2) is 30.1 Å². The largest absolute Gasteiger partial charge is 0.497 e. The van der Waals surface area contributed by atoms with Gasteiger partial charge in [-0.3, -0.25) is 0 Å². The number of carboxylic acid groups (broad SMARTS) is 1. The van der Waals surface area contributed by atoms with Crippen LogP contribution in [0.3, 0.4) is 0 Å². The van der Waals surface area contributed by atoms with Crippen molar-refractivity contribution in [1.29, 1.82) is 0 Å². The van der Waals surface area contributed by atoms with Crippen LogP contribution in [0.2, 0.25) is 0 Å². The zero-order valence-electron chi connectivity index (χ0n) is 9.38. The normalized spacial score (nSPS) is 10.4. The summed E-state index contributed by atoms with van der Waals surface area (Å²) in [5.41, 5.74) is 1.07. The summed E-state index contributed by atoms with van der Waals surface area (Å²) in [5, 5.41) is 8.48. The molecule has 0 aliphatic carbocycles. The van der Waals surface area contributed by atoms with Crippen LogP contribution in [0.15, 0.2) is 36.5 Å². The third-order valence-corrected chi connectivity index (χ3v) is 2.04. The zero-order valence-corrected chi connectivity index (χ0v) is 9.38. The Hall–Kier alpha value is -1.97. The van der Waals surface area contributed by atoms with Gasteiger partial charge >= 0.3 is 5.97 Å². The fraction of sp³-hybridized carbons (Fsp3) is 0.250. The fourth-order valence-electron chi connectivity index (χ4n) is 1.30. The van der Waals surface area contributed by atoms with Crippen molar-refractivity contribution >= 4 is 5.97 Å². The van der Waals surface area contributed by atoms with Gasteiger partial charge in [-0.1, -0.05) is 12.1 Å². The maximum absolute atomic E-state index is 10.3. The average molecular weight is 221 g/mol. The van der Waals surface area contributed by atoms with Crippen LogP contribution in [0.5, 0.6) is 5.75 Å². The summed E-state index contributed by atoms with van der Waals surface area (Å²) < 4.78 is 5.10. The Morgan fingerprint density at radius 2 is 2.31 bits per heavy atom. The summed E-state index contributed by atoms with van der Waals surface area (Å²) in [7, 11) is 3.44. The number of rotatable bonds is 5. The number of ether oxygens (including phenoxy) is 1. The number of hydrogen-bond acceptors (Lipinski definition) is 3. The minimum Gasteiger partial charge on any atom is -0.497 e. The van der Waals surface area contributed by atoms with Gasteiger partial charge in [-0.25, -0.2) is 4.79 Å². The Morgan fingerprint density at radius 1 is 1.56 bits per heavy atom. The quantitative estimate of drug-likeness (QED) is 0.769. The van der Waals surface area contributed by atoms with Crippen molar-refractivity contribution < 1.29 is 14.6 Å². The van der Waals surface area contributed by atoms with Crippen molar-refractivity contribution in [3.05, 3.63) is 42.1 Å². The van der Waals surface area contributed by atoms with Crippen LogP contribution in [0.1, 0.15) is 5.56 Å². The lowest BCUT2D eigenvalue weighted by atomic mass is 10.2. The zero-order chi connectivity index (χ0) is 12.0. The first kappa shape index (κ1) is 12.1. The van der Waals surface area contributed by atoms with Crippen LogP contribution >= 0.6 is 0 Å². The van der Waals surface area contributed by atoms with E-state index < -0.39 is 5.97 Å². The maximum atomic E-state index is 10.3. The molecule has 1 aromatic carbocycles. The lowest BCUT2D eigenvalue weighted by Crippen LogP contribution is -2.10. The molecule has 0 amide bonds. The average Bonchev–Trinajstić information content (AvgIpc) is 2.26. The Bertz CT molecular complexity index is 388. The minimum absolute atomic E-state index is 0.640. The number of hydrogen-bond donors (Lipinski definition) is 1.